The minimum absolute atomic E-state index is 0.167. The minimum atomic E-state index is -4.18. The van der Waals surface area contributed by atoms with Crippen molar-refractivity contribution in [2.75, 3.05) is 0 Å². The van der Waals surface area contributed by atoms with Gasteiger partial charge in [-0.1, -0.05) is 25.0 Å². The molecule has 0 bridgehead atoms. The first-order valence-electron chi connectivity index (χ1n) is 6.83. The lowest BCUT2D eigenvalue weighted by Gasteiger charge is -2.35. The monoisotopic (exact) mass is 308 g/mol. The average molecular weight is 309 g/mol. The largest absolute Gasteiger partial charge is 0.392 e. The molecule has 1 aliphatic rings. The van der Waals surface area contributed by atoms with E-state index >= 15 is 0 Å². The van der Waals surface area contributed by atoms with Crippen LogP contribution in [0.3, 0.4) is 0 Å². The van der Waals surface area contributed by atoms with Crippen molar-refractivity contribution < 1.29 is 17.6 Å². The lowest BCUT2D eigenvalue weighted by Crippen LogP contribution is -2.38. The van der Waals surface area contributed by atoms with Gasteiger partial charge >= 0.3 is 6.18 Å². The summed E-state index contributed by atoms with van der Waals surface area (Å²) < 4.78 is 51.9. The van der Waals surface area contributed by atoms with Crippen LogP contribution >= 0.6 is 11.6 Å². The normalized spacial score (nSPS) is 25.4. The van der Waals surface area contributed by atoms with Crippen molar-refractivity contribution in [1.82, 2.24) is 0 Å². The van der Waals surface area contributed by atoms with E-state index in [9.17, 15) is 17.6 Å². The number of alkyl halides is 4. The molecule has 0 saturated heterocycles. The molecule has 1 aromatic rings. The fraction of sp³-hybridized carbons (Fsp3) is 0.600. The third kappa shape index (κ3) is 3.87. The van der Waals surface area contributed by atoms with Crippen LogP contribution in [0, 0.1) is 17.7 Å². The fourth-order valence-electron chi connectivity index (χ4n) is 3.00. The molecule has 112 valence electrons. The van der Waals surface area contributed by atoms with Crippen LogP contribution in [0.2, 0.25) is 0 Å². The van der Waals surface area contributed by atoms with Gasteiger partial charge in [0, 0.05) is 5.38 Å². The smallest absolute Gasteiger partial charge is 0.207 e. The predicted molar refractivity (Wildman–Crippen MR) is 71.2 cm³/mol. The van der Waals surface area contributed by atoms with Gasteiger partial charge in [0.25, 0.3) is 0 Å². The topological polar surface area (TPSA) is 0 Å². The number of benzene rings is 1. The van der Waals surface area contributed by atoms with Gasteiger partial charge in [-0.05, 0) is 42.9 Å². The summed E-state index contributed by atoms with van der Waals surface area (Å²) in [6, 6.07) is 5.77. The van der Waals surface area contributed by atoms with Crippen molar-refractivity contribution in [2.45, 2.75) is 43.7 Å². The van der Waals surface area contributed by atoms with Crippen LogP contribution in [0.4, 0.5) is 17.6 Å². The molecule has 3 unspecified atom stereocenters. The number of halogens is 5. The van der Waals surface area contributed by atoms with Crippen molar-refractivity contribution >= 4 is 11.6 Å². The molecule has 0 aliphatic heterocycles. The standard InChI is InChI=1S/C15H17ClF4/c16-14(9-10-5-7-11(17)8-6-10)12-3-1-2-4-13(12)15(18,19)20/h5-8,12-14H,1-4,9H2. The van der Waals surface area contributed by atoms with Gasteiger partial charge in [0.15, 0.2) is 0 Å². The molecule has 5 heteroatoms. The van der Waals surface area contributed by atoms with Crippen molar-refractivity contribution in [3.8, 4) is 0 Å². The Balaban J connectivity index is 2.06. The average Bonchev–Trinajstić information content (AvgIpc) is 2.40. The van der Waals surface area contributed by atoms with E-state index in [0.29, 0.717) is 19.3 Å². The maximum absolute atomic E-state index is 13.0. The molecule has 0 radical (unpaired) electrons. The molecular formula is C15H17ClF4. The Morgan fingerprint density at radius 2 is 1.70 bits per heavy atom. The van der Waals surface area contributed by atoms with E-state index in [1.165, 1.54) is 12.1 Å². The molecule has 0 aromatic heterocycles. The van der Waals surface area contributed by atoms with E-state index in [1.807, 2.05) is 0 Å². The molecule has 2 rings (SSSR count). The highest BCUT2D eigenvalue weighted by Crippen LogP contribution is 2.44. The van der Waals surface area contributed by atoms with Crippen LogP contribution in [0.5, 0.6) is 0 Å². The minimum Gasteiger partial charge on any atom is -0.207 e. The molecule has 0 nitrogen and oxygen atoms in total. The van der Waals surface area contributed by atoms with Crippen LogP contribution in [0.25, 0.3) is 0 Å². The van der Waals surface area contributed by atoms with Crippen molar-refractivity contribution in [2.24, 2.45) is 11.8 Å². The van der Waals surface area contributed by atoms with Gasteiger partial charge in [0.1, 0.15) is 5.82 Å². The number of rotatable bonds is 3. The first-order chi connectivity index (χ1) is 9.38. The Morgan fingerprint density at radius 3 is 2.30 bits per heavy atom. The second-order valence-electron chi connectivity index (χ2n) is 5.44. The Labute approximate surface area is 121 Å². The quantitative estimate of drug-likeness (QED) is 0.522. The van der Waals surface area contributed by atoms with Crippen LogP contribution < -0.4 is 0 Å². The molecule has 0 heterocycles. The summed E-state index contributed by atoms with van der Waals surface area (Å²) in [6.07, 6.45) is -1.74. The van der Waals surface area contributed by atoms with Crippen LogP contribution in [-0.4, -0.2) is 11.6 Å². The van der Waals surface area contributed by atoms with Gasteiger partial charge in [-0.15, -0.1) is 11.6 Å². The molecule has 0 amide bonds. The maximum Gasteiger partial charge on any atom is 0.392 e. The Hall–Kier alpha value is -0.770. The van der Waals surface area contributed by atoms with Crippen LogP contribution in [0.1, 0.15) is 31.2 Å². The molecule has 0 spiro atoms. The second-order valence-corrected chi connectivity index (χ2v) is 6.00. The fourth-order valence-corrected chi connectivity index (χ4v) is 3.48. The number of hydrogen-bond acceptors (Lipinski definition) is 0. The van der Waals surface area contributed by atoms with Crippen molar-refractivity contribution in [3.63, 3.8) is 0 Å². The Kier molecular flexibility index (Phi) is 4.95. The first kappa shape index (κ1) is 15.6. The zero-order chi connectivity index (χ0) is 14.8. The first-order valence-corrected chi connectivity index (χ1v) is 7.27. The SMILES string of the molecule is Fc1ccc(CC(Cl)C2CCCCC2C(F)(F)F)cc1. The van der Waals surface area contributed by atoms with Crippen LogP contribution in [-0.2, 0) is 6.42 Å². The van der Waals surface area contributed by atoms with E-state index in [0.717, 1.165) is 12.0 Å². The van der Waals surface area contributed by atoms with E-state index in [-0.39, 0.29) is 12.2 Å². The van der Waals surface area contributed by atoms with Gasteiger partial charge in [-0.3, -0.25) is 0 Å². The third-order valence-electron chi connectivity index (χ3n) is 4.05. The van der Waals surface area contributed by atoms with E-state index in [1.54, 1.807) is 12.1 Å². The van der Waals surface area contributed by atoms with Gasteiger partial charge < -0.3 is 0 Å². The summed E-state index contributed by atoms with van der Waals surface area (Å²) in [5, 5.41) is -0.563. The van der Waals surface area contributed by atoms with E-state index < -0.39 is 23.4 Å². The molecule has 20 heavy (non-hydrogen) atoms. The van der Waals surface area contributed by atoms with Crippen molar-refractivity contribution in [1.29, 1.82) is 0 Å². The maximum atomic E-state index is 13.0. The second kappa shape index (κ2) is 6.33. The highest BCUT2D eigenvalue weighted by Gasteiger charge is 2.47. The Bertz CT molecular complexity index is 426. The highest BCUT2D eigenvalue weighted by molar-refractivity contribution is 6.21. The van der Waals surface area contributed by atoms with Gasteiger partial charge in [-0.25, -0.2) is 4.39 Å². The lowest BCUT2D eigenvalue weighted by atomic mass is 9.75. The summed E-state index contributed by atoms with van der Waals surface area (Å²) in [6.45, 7) is 0. The molecular weight excluding hydrogens is 292 g/mol. The van der Waals surface area contributed by atoms with Crippen molar-refractivity contribution in [3.05, 3.63) is 35.6 Å². The lowest BCUT2D eigenvalue weighted by molar-refractivity contribution is -0.196. The summed E-state index contributed by atoms with van der Waals surface area (Å²) in [5.41, 5.74) is 0.776. The molecule has 3 atom stereocenters. The van der Waals surface area contributed by atoms with Gasteiger partial charge in [0.05, 0.1) is 5.92 Å². The summed E-state index contributed by atoms with van der Waals surface area (Å²) in [7, 11) is 0. The molecule has 0 N–H and O–H groups in total. The third-order valence-corrected chi connectivity index (χ3v) is 4.53. The highest BCUT2D eigenvalue weighted by atomic mass is 35.5. The zero-order valence-electron chi connectivity index (χ0n) is 11.0. The molecule has 1 fully saturated rings. The summed E-state index contributed by atoms with van der Waals surface area (Å²) >= 11 is 6.24. The predicted octanol–water partition coefficient (Wildman–Crippen LogP) is 5.34. The van der Waals surface area contributed by atoms with Gasteiger partial charge in [0.2, 0.25) is 0 Å². The van der Waals surface area contributed by atoms with E-state index in [2.05, 4.69) is 0 Å². The number of hydrogen-bond donors (Lipinski definition) is 0. The zero-order valence-corrected chi connectivity index (χ0v) is 11.7. The van der Waals surface area contributed by atoms with Gasteiger partial charge in [-0.2, -0.15) is 13.2 Å². The molecule has 1 saturated carbocycles. The van der Waals surface area contributed by atoms with Crippen LogP contribution in [0.15, 0.2) is 24.3 Å². The summed E-state index contributed by atoms with van der Waals surface area (Å²) in [4.78, 5) is 0. The summed E-state index contributed by atoms with van der Waals surface area (Å²) in [5.74, 6) is -2.21. The molecule has 1 aromatic carbocycles. The molecule has 1 aliphatic carbocycles. The Morgan fingerprint density at radius 1 is 1.10 bits per heavy atom. The van der Waals surface area contributed by atoms with E-state index in [4.69, 9.17) is 11.6 Å².